The van der Waals surface area contributed by atoms with Crippen LogP contribution < -0.4 is 5.32 Å². The Balaban J connectivity index is 1.39. The minimum absolute atomic E-state index is 0.00197. The number of benzene rings is 3. The molecule has 0 unspecified atom stereocenters. The number of aliphatic hydroxyl groups excluding tert-OH is 1. The molecule has 1 heterocycles. The van der Waals surface area contributed by atoms with Gasteiger partial charge in [0.25, 0.3) is 0 Å². The van der Waals surface area contributed by atoms with Crippen molar-refractivity contribution in [3.8, 4) is 0 Å². The Morgan fingerprint density at radius 3 is 2.19 bits per heavy atom. The zero-order chi connectivity index (χ0) is 30.6. The number of aliphatic carboxylic acids is 1. The number of hydrogen-bond donors (Lipinski definition) is 3. The molecule has 0 bridgehead atoms. The van der Waals surface area contributed by atoms with Crippen LogP contribution in [0.4, 0.5) is 5.69 Å². The highest BCUT2D eigenvalue weighted by atomic mass is 16.7. The van der Waals surface area contributed by atoms with E-state index >= 15 is 0 Å². The Hall–Kier alpha value is -3.56. The third kappa shape index (κ3) is 10.0. The molecular weight excluding hydrogens is 544 g/mol. The molecule has 3 aromatic rings. The first kappa shape index (κ1) is 32.4. The molecule has 3 N–H and O–H groups in total. The van der Waals surface area contributed by atoms with Crippen LogP contribution in [0.5, 0.6) is 0 Å². The number of rotatable bonds is 15. The summed E-state index contributed by atoms with van der Waals surface area (Å²) < 4.78 is 13.0. The van der Waals surface area contributed by atoms with E-state index in [1.165, 1.54) is 5.56 Å². The summed E-state index contributed by atoms with van der Waals surface area (Å²) in [5.41, 5.74) is 4.73. The molecule has 1 fully saturated rings. The number of nitrogens with zero attached hydrogens (tertiary/aromatic N) is 1. The number of nitrogens with one attached hydrogen (secondary N) is 1. The van der Waals surface area contributed by atoms with E-state index in [0.29, 0.717) is 24.9 Å². The Labute approximate surface area is 254 Å². The number of likely N-dealkylation sites (N-methyl/N-ethyl adjacent to an activating group) is 1. The average Bonchev–Trinajstić information content (AvgIpc) is 3.03. The molecule has 8 nitrogen and oxygen atoms in total. The molecule has 0 radical (unpaired) electrons. The van der Waals surface area contributed by atoms with Gasteiger partial charge in [0, 0.05) is 43.1 Å². The van der Waals surface area contributed by atoms with Crippen LogP contribution in [0.3, 0.4) is 0 Å². The summed E-state index contributed by atoms with van der Waals surface area (Å²) in [5, 5.41) is 21.2. The highest BCUT2D eigenvalue weighted by molar-refractivity contribution is 5.90. The van der Waals surface area contributed by atoms with Crippen molar-refractivity contribution in [2.24, 2.45) is 0 Å². The highest BCUT2D eigenvalue weighted by Crippen LogP contribution is 2.39. The van der Waals surface area contributed by atoms with Gasteiger partial charge in [-0.05, 0) is 55.6 Å². The van der Waals surface area contributed by atoms with Crippen molar-refractivity contribution in [2.75, 3.05) is 18.9 Å². The van der Waals surface area contributed by atoms with Gasteiger partial charge in [-0.1, -0.05) is 79.6 Å². The molecule has 0 aliphatic carbocycles. The van der Waals surface area contributed by atoms with E-state index in [1.54, 1.807) is 0 Å². The van der Waals surface area contributed by atoms with Crippen LogP contribution in [0.2, 0.25) is 0 Å². The number of hydrogen-bond acceptors (Lipinski definition) is 6. The number of carbonyl (C=O) groups excluding carboxylic acids is 1. The number of carboxylic acid groups (broad SMARTS) is 1. The van der Waals surface area contributed by atoms with Gasteiger partial charge < -0.3 is 25.0 Å². The van der Waals surface area contributed by atoms with Gasteiger partial charge in [-0.2, -0.15) is 0 Å². The maximum atomic E-state index is 12.4. The van der Waals surface area contributed by atoms with Crippen molar-refractivity contribution in [3.63, 3.8) is 0 Å². The van der Waals surface area contributed by atoms with E-state index < -0.39 is 12.3 Å². The molecule has 1 aliphatic rings. The number of aliphatic hydroxyl groups is 1. The molecule has 43 heavy (non-hydrogen) atoms. The van der Waals surface area contributed by atoms with E-state index in [4.69, 9.17) is 14.6 Å². The second kappa shape index (κ2) is 16.3. The Morgan fingerprint density at radius 1 is 0.884 bits per heavy atom. The summed E-state index contributed by atoms with van der Waals surface area (Å²) in [6.07, 6.45) is 3.46. The summed E-state index contributed by atoms with van der Waals surface area (Å²) >= 11 is 0. The van der Waals surface area contributed by atoms with Crippen LogP contribution in [0.15, 0.2) is 78.9 Å². The van der Waals surface area contributed by atoms with Crippen LogP contribution in [0.1, 0.15) is 92.6 Å². The Bertz CT molecular complexity index is 1280. The second-order valence-electron chi connectivity index (χ2n) is 11.4. The number of carboxylic acids is 1. The zero-order valence-electron chi connectivity index (χ0n) is 25.2. The fraction of sp³-hybridized carbons (Fsp3) is 0.429. The van der Waals surface area contributed by atoms with Crippen molar-refractivity contribution in [3.05, 3.63) is 101 Å². The van der Waals surface area contributed by atoms with Gasteiger partial charge >= 0.3 is 5.97 Å². The van der Waals surface area contributed by atoms with Gasteiger partial charge in [0.05, 0.1) is 18.8 Å². The van der Waals surface area contributed by atoms with E-state index in [9.17, 15) is 14.7 Å². The van der Waals surface area contributed by atoms with Gasteiger partial charge in [0.1, 0.15) is 0 Å². The van der Waals surface area contributed by atoms with Gasteiger partial charge in [-0.3, -0.25) is 14.5 Å². The van der Waals surface area contributed by atoms with Crippen LogP contribution in [0.25, 0.3) is 0 Å². The lowest BCUT2D eigenvalue weighted by atomic mass is 9.99. The van der Waals surface area contributed by atoms with Crippen molar-refractivity contribution in [1.82, 2.24) is 4.90 Å². The van der Waals surface area contributed by atoms with Crippen LogP contribution in [0, 0.1) is 0 Å². The first-order valence-electron chi connectivity index (χ1n) is 15.2. The lowest BCUT2D eigenvalue weighted by molar-refractivity contribution is -0.253. The van der Waals surface area contributed by atoms with Gasteiger partial charge in [-0.15, -0.1) is 0 Å². The standard InChI is InChI=1S/C35H44N2O6/c1-25(27-10-6-5-7-11-27)37(2)23-31-22-32(28-16-14-26(24-38)15-17-28)43-35(42-31)29-18-20-30(21-19-29)36-33(39)12-8-3-4-9-13-34(40)41/h5-7,10-11,14-21,25,31-32,35,38H,3-4,8-9,12-13,22-24H2,1-2H3,(H,36,39)(H,40,41)/t25-,31-,32+,35+/m0/s1. The summed E-state index contributed by atoms with van der Waals surface area (Å²) in [5.74, 6) is -0.837. The molecule has 230 valence electrons. The van der Waals surface area contributed by atoms with Crippen molar-refractivity contribution >= 4 is 17.6 Å². The molecule has 4 atom stereocenters. The number of amides is 1. The lowest BCUT2D eigenvalue weighted by Gasteiger charge is -2.39. The quantitative estimate of drug-likeness (QED) is 0.168. The molecule has 4 rings (SSSR count). The minimum atomic E-state index is -0.780. The molecule has 3 aromatic carbocycles. The van der Waals surface area contributed by atoms with Gasteiger partial charge in [0.2, 0.25) is 5.91 Å². The molecular formula is C35H44N2O6. The summed E-state index contributed by atoms with van der Waals surface area (Å²) in [4.78, 5) is 25.3. The lowest BCUT2D eigenvalue weighted by Crippen LogP contribution is -2.38. The van der Waals surface area contributed by atoms with Crippen LogP contribution in [-0.4, -0.2) is 46.7 Å². The van der Waals surface area contributed by atoms with Crippen LogP contribution >= 0.6 is 0 Å². The first-order valence-corrected chi connectivity index (χ1v) is 15.2. The molecule has 0 aromatic heterocycles. The largest absolute Gasteiger partial charge is 0.481 e. The molecule has 8 heteroatoms. The molecule has 1 aliphatic heterocycles. The number of ether oxygens (including phenoxy) is 2. The highest BCUT2D eigenvalue weighted by Gasteiger charge is 2.33. The SMILES string of the molecule is C[C@@H](c1ccccc1)N(C)C[C@@H]1C[C@H](c2ccc(CO)cc2)O[C@H](c2ccc(NC(=O)CCCCCCC(=O)O)cc2)O1. The molecule has 0 saturated carbocycles. The predicted octanol–water partition coefficient (Wildman–Crippen LogP) is 6.78. The zero-order valence-corrected chi connectivity index (χ0v) is 25.2. The monoisotopic (exact) mass is 588 g/mol. The summed E-state index contributed by atoms with van der Waals surface area (Å²) in [6, 6.07) is 26.1. The summed E-state index contributed by atoms with van der Waals surface area (Å²) in [6.45, 7) is 2.92. The Kier molecular flexibility index (Phi) is 12.3. The summed E-state index contributed by atoms with van der Waals surface area (Å²) in [7, 11) is 2.12. The van der Waals surface area contributed by atoms with Gasteiger partial charge in [-0.25, -0.2) is 0 Å². The number of anilines is 1. The number of unbranched alkanes of at least 4 members (excludes halogenated alkanes) is 3. The normalized spacial score (nSPS) is 19.2. The Morgan fingerprint density at radius 2 is 1.53 bits per heavy atom. The fourth-order valence-electron chi connectivity index (χ4n) is 5.36. The maximum Gasteiger partial charge on any atom is 0.303 e. The van der Waals surface area contributed by atoms with Crippen molar-refractivity contribution < 1.29 is 29.3 Å². The molecule has 0 spiro atoms. The maximum absolute atomic E-state index is 12.4. The van der Waals surface area contributed by atoms with Crippen LogP contribution in [-0.2, 0) is 25.7 Å². The number of carbonyl (C=O) groups is 2. The third-order valence-corrected chi connectivity index (χ3v) is 8.06. The van der Waals surface area contributed by atoms with E-state index in [2.05, 4.69) is 48.5 Å². The van der Waals surface area contributed by atoms with E-state index in [1.807, 2.05) is 54.6 Å². The van der Waals surface area contributed by atoms with Gasteiger partial charge in [0.15, 0.2) is 6.29 Å². The first-order chi connectivity index (χ1) is 20.8. The molecule has 1 saturated heterocycles. The molecule has 1 amide bonds. The third-order valence-electron chi connectivity index (χ3n) is 8.06. The topological polar surface area (TPSA) is 108 Å². The predicted molar refractivity (Wildman–Crippen MR) is 166 cm³/mol. The van der Waals surface area contributed by atoms with Crippen molar-refractivity contribution in [1.29, 1.82) is 0 Å². The smallest absolute Gasteiger partial charge is 0.303 e. The van der Waals surface area contributed by atoms with Crippen molar-refractivity contribution in [2.45, 2.75) is 83.0 Å². The van der Waals surface area contributed by atoms with E-state index in [-0.39, 0.29) is 37.2 Å². The minimum Gasteiger partial charge on any atom is -0.481 e. The van der Waals surface area contributed by atoms with E-state index in [0.717, 1.165) is 42.5 Å². The second-order valence-corrected chi connectivity index (χ2v) is 11.4. The average molecular weight is 589 g/mol. The fourth-order valence-corrected chi connectivity index (χ4v) is 5.36.